The van der Waals surface area contributed by atoms with Gasteiger partial charge in [0.2, 0.25) is 5.91 Å². The number of nitrogens with one attached hydrogen (secondary N) is 1. The van der Waals surface area contributed by atoms with Crippen LogP contribution in [0.4, 0.5) is 0 Å². The Balaban J connectivity index is 1.52. The van der Waals surface area contributed by atoms with Gasteiger partial charge in [-0.15, -0.1) is 0 Å². The molecule has 2 amide bonds. The van der Waals surface area contributed by atoms with E-state index in [-0.39, 0.29) is 23.1 Å². The molecule has 2 heterocycles. The molecular formula is C20H29N3O3. The lowest BCUT2D eigenvalue weighted by molar-refractivity contribution is -0.124. The first-order chi connectivity index (χ1) is 12.6. The SMILES string of the molecule is CC1CCN(CCNC(=O)C2CCCN2C(=O)c2ccccc2O)CC1. The molecule has 0 spiro atoms. The number of hydrogen-bond acceptors (Lipinski definition) is 4. The largest absolute Gasteiger partial charge is 0.507 e. The standard InChI is InChI=1S/C20H29N3O3/c1-15-8-12-22(13-9-15)14-10-21-19(25)17-6-4-11-23(17)20(26)16-5-2-3-7-18(16)24/h2-3,5,7,15,17,24H,4,6,8-14H2,1H3,(H,21,25). The number of benzene rings is 1. The van der Waals surface area contributed by atoms with Crippen LogP contribution in [0.25, 0.3) is 0 Å². The third-order valence-electron chi connectivity index (χ3n) is 5.55. The van der Waals surface area contributed by atoms with Gasteiger partial charge in [-0.25, -0.2) is 0 Å². The molecule has 3 rings (SSSR count). The molecule has 2 aliphatic rings. The van der Waals surface area contributed by atoms with Crippen LogP contribution in [-0.4, -0.2) is 65.5 Å². The second-order valence-electron chi connectivity index (χ2n) is 7.49. The number of amides is 2. The first kappa shape index (κ1) is 18.7. The fraction of sp³-hybridized carbons (Fsp3) is 0.600. The molecule has 26 heavy (non-hydrogen) atoms. The molecule has 6 nitrogen and oxygen atoms in total. The van der Waals surface area contributed by atoms with E-state index in [1.54, 1.807) is 23.1 Å². The third-order valence-corrected chi connectivity index (χ3v) is 5.55. The summed E-state index contributed by atoms with van der Waals surface area (Å²) in [5, 5.41) is 12.9. The Morgan fingerprint density at radius 1 is 1.15 bits per heavy atom. The summed E-state index contributed by atoms with van der Waals surface area (Å²) >= 11 is 0. The highest BCUT2D eigenvalue weighted by Gasteiger charge is 2.35. The predicted octanol–water partition coefficient (Wildman–Crippen LogP) is 1.84. The molecule has 1 aromatic rings. The monoisotopic (exact) mass is 359 g/mol. The van der Waals surface area contributed by atoms with Crippen molar-refractivity contribution in [3.8, 4) is 5.75 Å². The van der Waals surface area contributed by atoms with Crippen molar-refractivity contribution in [3.63, 3.8) is 0 Å². The fourth-order valence-corrected chi connectivity index (χ4v) is 3.83. The summed E-state index contributed by atoms with van der Waals surface area (Å²) in [4.78, 5) is 29.3. The molecule has 6 heteroatoms. The van der Waals surface area contributed by atoms with E-state index in [0.29, 0.717) is 19.5 Å². The van der Waals surface area contributed by atoms with Crippen LogP contribution in [-0.2, 0) is 4.79 Å². The average molecular weight is 359 g/mol. The van der Waals surface area contributed by atoms with Crippen molar-refractivity contribution >= 4 is 11.8 Å². The van der Waals surface area contributed by atoms with Gasteiger partial charge in [0, 0.05) is 19.6 Å². The summed E-state index contributed by atoms with van der Waals surface area (Å²) < 4.78 is 0. The molecule has 0 aliphatic carbocycles. The van der Waals surface area contributed by atoms with E-state index in [9.17, 15) is 14.7 Å². The van der Waals surface area contributed by atoms with Crippen molar-refractivity contribution in [1.29, 1.82) is 0 Å². The number of carbonyl (C=O) groups excluding carboxylic acids is 2. The lowest BCUT2D eigenvalue weighted by Crippen LogP contribution is -2.48. The van der Waals surface area contributed by atoms with Crippen molar-refractivity contribution in [2.75, 3.05) is 32.7 Å². The van der Waals surface area contributed by atoms with Crippen LogP contribution >= 0.6 is 0 Å². The molecule has 0 radical (unpaired) electrons. The zero-order valence-corrected chi connectivity index (χ0v) is 15.5. The topological polar surface area (TPSA) is 72.9 Å². The smallest absolute Gasteiger partial charge is 0.258 e. The minimum absolute atomic E-state index is 0.0390. The van der Waals surface area contributed by atoms with Gasteiger partial charge in [0.15, 0.2) is 0 Å². The lowest BCUT2D eigenvalue weighted by Gasteiger charge is -2.30. The minimum Gasteiger partial charge on any atom is -0.507 e. The number of phenols is 1. The number of phenolic OH excluding ortho intramolecular Hbond substituents is 1. The Morgan fingerprint density at radius 2 is 1.88 bits per heavy atom. The highest BCUT2D eigenvalue weighted by atomic mass is 16.3. The first-order valence-electron chi connectivity index (χ1n) is 9.65. The Morgan fingerprint density at radius 3 is 2.62 bits per heavy atom. The molecule has 0 bridgehead atoms. The van der Waals surface area contributed by atoms with Gasteiger partial charge >= 0.3 is 0 Å². The molecular weight excluding hydrogens is 330 g/mol. The van der Waals surface area contributed by atoms with Gasteiger partial charge in [-0.3, -0.25) is 9.59 Å². The van der Waals surface area contributed by atoms with Crippen molar-refractivity contribution < 1.29 is 14.7 Å². The number of nitrogens with zero attached hydrogens (tertiary/aromatic N) is 2. The minimum atomic E-state index is -0.441. The van der Waals surface area contributed by atoms with Gasteiger partial charge in [0.05, 0.1) is 5.56 Å². The van der Waals surface area contributed by atoms with Crippen molar-refractivity contribution in [1.82, 2.24) is 15.1 Å². The van der Waals surface area contributed by atoms with Crippen LogP contribution in [0.3, 0.4) is 0 Å². The van der Waals surface area contributed by atoms with Gasteiger partial charge in [0.25, 0.3) is 5.91 Å². The molecule has 2 aliphatic heterocycles. The first-order valence-corrected chi connectivity index (χ1v) is 9.65. The maximum atomic E-state index is 12.7. The van der Waals surface area contributed by atoms with Crippen molar-refractivity contribution in [2.45, 2.75) is 38.6 Å². The van der Waals surface area contributed by atoms with E-state index in [2.05, 4.69) is 17.1 Å². The quantitative estimate of drug-likeness (QED) is 0.841. The van der Waals surface area contributed by atoms with Crippen LogP contribution in [0.5, 0.6) is 5.75 Å². The molecule has 0 aromatic heterocycles. The highest BCUT2D eigenvalue weighted by molar-refractivity contribution is 5.99. The van der Waals surface area contributed by atoms with E-state index >= 15 is 0 Å². The summed E-state index contributed by atoms with van der Waals surface area (Å²) in [5.74, 6) is 0.401. The number of para-hydroxylation sites is 1. The van der Waals surface area contributed by atoms with Crippen LogP contribution in [0.2, 0.25) is 0 Å². The maximum absolute atomic E-state index is 12.7. The van der Waals surface area contributed by atoms with E-state index < -0.39 is 6.04 Å². The van der Waals surface area contributed by atoms with Crippen LogP contribution < -0.4 is 5.32 Å². The lowest BCUT2D eigenvalue weighted by atomic mass is 9.99. The zero-order chi connectivity index (χ0) is 18.5. The number of carbonyl (C=O) groups is 2. The van der Waals surface area contributed by atoms with Gasteiger partial charge in [0.1, 0.15) is 11.8 Å². The number of aromatic hydroxyl groups is 1. The second-order valence-corrected chi connectivity index (χ2v) is 7.49. The van der Waals surface area contributed by atoms with Crippen molar-refractivity contribution in [2.24, 2.45) is 5.92 Å². The number of hydrogen-bond donors (Lipinski definition) is 2. The summed E-state index contributed by atoms with van der Waals surface area (Å²) in [6.07, 6.45) is 3.92. The van der Waals surface area contributed by atoms with E-state index in [1.807, 2.05) is 0 Å². The molecule has 1 atom stereocenters. The summed E-state index contributed by atoms with van der Waals surface area (Å²) in [7, 11) is 0. The van der Waals surface area contributed by atoms with Gasteiger partial charge in [-0.05, 0) is 56.8 Å². The molecule has 0 saturated carbocycles. The van der Waals surface area contributed by atoms with Crippen molar-refractivity contribution in [3.05, 3.63) is 29.8 Å². The van der Waals surface area contributed by atoms with E-state index in [0.717, 1.165) is 32.0 Å². The number of piperidine rings is 1. The maximum Gasteiger partial charge on any atom is 0.258 e. The fourth-order valence-electron chi connectivity index (χ4n) is 3.83. The number of rotatable bonds is 5. The molecule has 2 N–H and O–H groups in total. The molecule has 1 aromatic carbocycles. The average Bonchev–Trinajstić information content (AvgIpc) is 3.13. The Kier molecular flexibility index (Phi) is 6.14. The Bertz CT molecular complexity index is 641. The van der Waals surface area contributed by atoms with E-state index in [1.165, 1.54) is 18.9 Å². The summed E-state index contributed by atoms with van der Waals surface area (Å²) in [6, 6.07) is 6.06. The Hall–Kier alpha value is -2.08. The van der Waals surface area contributed by atoms with Crippen LogP contribution in [0.15, 0.2) is 24.3 Å². The third kappa shape index (κ3) is 4.36. The molecule has 142 valence electrons. The summed E-state index contributed by atoms with van der Waals surface area (Å²) in [6.45, 7) is 6.50. The molecule has 2 fully saturated rings. The second kappa shape index (κ2) is 8.54. The highest BCUT2D eigenvalue weighted by Crippen LogP contribution is 2.24. The van der Waals surface area contributed by atoms with Gasteiger partial charge in [-0.1, -0.05) is 19.1 Å². The molecule has 2 saturated heterocycles. The molecule has 1 unspecified atom stereocenters. The zero-order valence-electron chi connectivity index (χ0n) is 15.5. The number of likely N-dealkylation sites (tertiary alicyclic amines) is 2. The Labute approximate surface area is 155 Å². The predicted molar refractivity (Wildman–Crippen MR) is 100 cm³/mol. The summed E-state index contributed by atoms with van der Waals surface area (Å²) in [5.41, 5.74) is 0.259. The van der Waals surface area contributed by atoms with Crippen LogP contribution in [0, 0.1) is 5.92 Å². The van der Waals surface area contributed by atoms with Gasteiger partial charge in [-0.2, -0.15) is 0 Å². The van der Waals surface area contributed by atoms with Crippen LogP contribution in [0.1, 0.15) is 43.0 Å². The normalized spacial score (nSPS) is 21.7. The van der Waals surface area contributed by atoms with Gasteiger partial charge < -0.3 is 20.2 Å². The van der Waals surface area contributed by atoms with E-state index in [4.69, 9.17) is 0 Å².